The molecule has 8 nitrogen and oxygen atoms in total. The van der Waals surface area contributed by atoms with Crippen LogP contribution in [-0.4, -0.2) is 59.5 Å². The smallest absolute Gasteiger partial charge is 0.280 e. The fourth-order valence-corrected chi connectivity index (χ4v) is 2.49. The molecule has 1 atom stereocenters. The van der Waals surface area contributed by atoms with E-state index in [9.17, 15) is 14.9 Å². The molecule has 0 saturated carbocycles. The highest BCUT2D eigenvalue weighted by Gasteiger charge is 2.31. The van der Waals surface area contributed by atoms with Crippen LogP contribution in [0.1, 0.15) is 19.8 Å². The van der Waals surface area contributed by atoms with Crippen molar-refractivity contribution in [2.24, 2.45) is 11.0 Å². The third kappa shape index (κ3) is 3.40. The molecule has 1 amide bonds. The molecule has 0 radical (unpaired) electrons. The van der Waals surface area contributed by atoms with E-state index >= 15 is 0 Å². The largest absolute Gasteiger partial charge is 0.381 e. The molecule has 2 rings (SSSR count). The molecule has 2 aliphatic rings. The van der Waals surface area contributed by atoms with Crippen LogP contribution in [0.2, 0.25) is 0 Å². The maximum absolute atomic E-state index is 11.5. The van der Waals surface area contributed by atoms with Crippen LogP contribution in [0.15, 0.2) is 5.10 Å². The van der Waals surface area contributed by atoms with Gasteiger partial charge < -0.3 is 9.64 Å². The summed E-state index contributed by atoms with van der Waals surface area (Å²) in [5.74, 6) is 0.299. The molecule has 0 aromatic heterocycles. The fourth-order valence-electron chi connectivity index (χ4n) is 2.49. The summed E-state index contributed by atoms with van der Waals surface area (Å²) in [5.41, 5.74) is 0. The molecule has 8 heteroatoms. The number of amides is 1. The molecule has 0 aromatic rings. The van der Waals surface area contributed by atoms with E-state index < -0.39 is 5.03 Å². The Hall–Kier alpha value is -1.70. The van der Waals surface area contributed by atoms with E-state index in [-0.39, 0.29) is 11.9 Å². The number of carbonyl (C=O) groups excluding carboxylic acids is 1. The number of nitro groups is 1. The van der Waals surface area contributed by atoms with Gasteiger partial charge in [-0.25, -0.2) is 10.1 Å². The van der Waals surface area contributed by atoms with Crippen molar-refractivity contribution in [3.05, 3.63) is 10.1 Å². The predicted octanol–water partition coefficient (Wildman–Crippen LogP) is 0.125. The van der Waals surface area contributed by atoms with E-state index in [0.29, 0.717) is 32.2 Å². The van der Waals surface area contributed by atoms with Crippen molar-refractivity contribution in [1.82, 2.24) is 9.80 Å². The van der Waals surface area contributed by atoms with Gasteiger partial charge in [0.15, 0.2) is 5.03 Å². The quantitative estimate of drug-likeness (QED) is 0.537. The van der Waals surface area contributed by atoms with Gasteiger partial charge in [0.1, 0.15) is 5.10 Å². The Morgan fingerprint density at radius 3 is 2.95 bits per heavy atom. The van der Waals surface area contributed by atoms with Gasteiger partial charge in [-0.05, 0) is 12.8 Å². The summed E-state index contributed by atoms with van der Waals surface area (Å²) in [6, 6.07) is 0. The van der Waals surface area contributed by atoms with Crippen LogP contribution >= 0.6 is 0 Å². The van der Waals surface area contributed by atoms with Gasteiger partial charge in [-0.15, -0.1) is 0 Å². The van der Waals surface area contributed by atoms with E-state index in [1.165, 1.54) is 11.8 Å². The zero-order chi connectivity index (χ0) is 13.8. The molecule has 2 fully saturated rings. The Morgan fingerprint density at radius 2 is 2.37 bits per heavy atom. The first kappa shape index (κ1) is 13.7. The molecule has 0 aromatic carbocycles. The van der Waals surface area contributed by atoms with Gasteiger partial charge in [-0.1, -0.05) is 0 Å². The third-order valence-corrected chi connectivity index (χ3v) is 3.39. The molecular weight excluding hydrogens is 252 g/mol. The molecule has 19 heavy (non-hydrogen) atoms. The van der Waals surface area contributed by atoms with Crippen molar-refractivity contribution >= 4 is 11.9 Å². The number of hydrogen-bond donors (Lipinski definition) is 0. The zero-order valence-corrected chi connectivity index (χ0v) is 10.9. The summed E-state index contributed by atoms with van der Waals surface area (Å²) in [6.45, 7) is 4.62. The molecule has 2 aliphatic heterocycles. The van der Waals surface area contributed by atoms with Crippen LogP contribution in [0.25, 0.3) is 0 Å². The Kier molecular flexibility index (Phi) is 4.31. The first-order valence-electron chi connectivity index (χ1n) is 6.41. The summed E-state index contributed by atoms with van der Waals surface area (Å²) in [5, 5.41) is 13.3. The Balaban J connectivity index is 2.13. The standard InChI is InChI=1S/C11H18N4O4/c1-9(16)14-5-2-4-13(11(14)12-15(17)18)7-10-3-6-19-8-10/h10H,2-8H2,1H3/b12-11-. The van der Waals surface area contributed by atoms with Gasteiger partial charge in [0.2, 0.25) is 5.91 Å². The molecule has 0 bridgehead atoms. The van der Waals surface area contributed by atoms with E-state index in [4.69, 9.17) is 4.74 Å². The van der Waals surface area contributed by atoms with Gasteiger partial charge in [-0.2, -0.15) is 0 Å². The molecule has 0 N–H and O–H groups in total. The van der Waals surface area contributed by atoms with Crippen LogP contribution < -0.4 is 0 Å². The van der Waals surface area contributed by atoms with Gasteiger partial charge >= 0.3 is 0 Å². The van der Waals surface area contributed by atoms with Crippen LogP contribution in [0, 0.1) is 16.0 Å². The molecule has 1 unspecified atom stereocenters. The van der Waals surface area contributed by atoms with Crippen molar-refractivity contribution in [3.8, 4) is 0 Å². The lowest BCUT2D eigenvalue weighted by Crippen LogP contribution is -2.53. The zero-order valence-electron chi connectivity index (χ0n) is 10.9. The summed E-state index contributed by atoms with van der Waals surface area (Å²) in [4.78, 5) is 25.4. The highest BCUT2D eigenvalue weighted by atomic mass is 16.7. The van der Waals surface area contributed by atoms with Crippen molar-refractivity contribution < 1.29 is 14.6 Å². The van der Waals surface area contributed by atoms with E-state index in [1.54, 1.807) is 0 Å². The van der Waals surface area contributed by atoms with E-state index in [0.717, 1.165) is 19.4 Å². The Morgan fingerprint density at radius 1 is 1.58 bits per heavy atom. The normalized spacial score (nSPS) is 25.9. The van der Waals surface area contributed by atoms with Crippen molar-refractivity contribution in [3.63, 3.8) is 0 Å². The lowest BCUT2D eigenvalue weighted by molar-refractivity contribution is -0.486. The molecule has 2 heterocycles. The maximum Gasteiger partial charge on any atom is 0.280 e. The minimum atomic E-state index is -0.741. The second kappa shape index (κ2) is 5.96. The van der Waals surface area contributed by atoms with Crippen LogP contribution in [-0.2, 0) is 9.53 Å². The summed E-state index contributed by atoms with van der Waals surface area (Å²) >= 11 is 0. The van der Waals surface area contributed by atoms with E-state index in [1.807, 2.05) is 4.90 Å². The van der Waals surface area contributed by atoms with E-state index in [2.05, 4.69) is 5.10 Å². The summed E-state index contributed by atoms with van der Waals surface area (Å²) < 4.78 is 5.31. The number of carbonyl (C=O) groups is 1. The summed E-state index contributed by atoms with van der Waals surface area (Å²) in [6.07, 6.45) is 1.74. The molecule has 2 saturated heterocycles. The number of rotatable bonds is 3. The lowest BCUT2D eigenvalue weighted by atomic mass is 10.1. The number of hydrazone groups is 1. The highest BCUT2D eigenvalue weighted by molar-refractivity contribution is 5.96. The molecule has 0 aliphatic carbocycles. The third-order valence-electron chi connectivity index (χ3n) is 3.39. The monoisotopic (exact) mass is 270 g/mol. The van der Waals surface area contributed by atoms with Crippen LogP contribution in [0.5, 0.6) is 0 Å². The van der Waals surface area contributed by atoms with Gasteiger partial charge in [-0.3, -0.25) is 9.69 Å². The minimum absolute atomic E-state index is 0.163. The second-order valence-electron chi connectivity index (χ2n) is 4.84. The van der Waals surface area contributed by atoms with Gasteiger partial charge in [0, 0.05) is 39.1 Å². The maximum atomic E-state index is 11.5. The number of guanidine groups is 1. The number of hydrogen-bond acceptors (Lipinski definition) is 4. The SMILES string of the molecule is CC(=O)N1CCCN(CC2CCOC2)/C1=N/[N+](=O)[O-]. The van der Waals surface area contributed by atoms with Crippen molar-refractivity contribution in [2.45, 2.75) is 19.8 Å². The molecular formula is C11H18N4O4. The average Bonchev–Trinajstić information content (AvgIpc) is 2.83. The lowest BCUT2D eigenvalue weighted by Gasteiger charge is -2.36. The van der Waals surface area contributed by atoms with Crippen molar-refractivity contribution in [2.75, 3.05) is 32.8 Å². The Bertz CT molecular complexity index is 392. The van der Waals surface area contributed by atoms with Crippen LogP contribution in [0.4, 0.5) is 0 Å². The molecule has 106 valence electrons. The fraction of sp³-hybridized carbons (Fsp3) is 0.818. The van der Waals surface area contributed by atoms with Gasteiger partial charge in [0.25, 0.3) is 5.96 Å². The minimum Gasteiger partial charge on any atom is -0.381 e. The average molecular weight is 270 g/mol. The summed E-state index contributed by atoms with van der Waals surface area (Å²) in [7, 11) is 0. The first-order valence-corrected chi connectivity index (χ1v) is 6.41. The topological polar surface area (TPSA) is 88.3 Å². The first-order chi connectivity index (χ1) is 9.08. The highest BCUT2D eigenvalue weighted by Crippen LogP contribution is 2.18. The number of ether oxygens (including phenoxy) is 1. The molecule has 0 spiro atoms. The Labute approximate surface area is 111 Å². The number of nitrogens with zero attached hydrogens (tertiary/aromatic N) is 4. The second-order valence-corrected chi connectivity index (χ2v) is 4.84. The van der Waals surface area contributed by atoms with Crippen molar-refractivity contribution in [1.29, 1.82) is 0 Å². The van der Waals surface area contributed by atoms with Crippen LogP contribution in [0.3, 0.4) is 0 Å². The predicted molar refractivity (Wildman–Crippen MR) is 66.9 cm³/mol. The van der Waals surface area contributed by atoms with Gasteiger partial charge in [0.05, 0.1) is 6.61 Å².